The molecule has 20 heavy (non-hydrogen) atoms. The van der Waals surface area contributed by atoms with E-state index < -0.39 is 0 Å². The Kier molecular flexibility index (Phi) is 4.43. The minimum absolute atomic E-state index is 0.386. The van der Waals surface area contributed by atoms with Gasteiger partial charge in [0, 0.05) is 11.3 Å². The number of hydrogen-bond donors (Lipinski definition) is 1. The fourth-order valence-corrected chi connectivity index (χ4v) is 3.90. The van der Waals surface area contributed by atoms with E-state index in [4.69, 9.17) is 4.42 Å². The second-order valence-corrected chi connectivity index (χ2v) is 6.31. The van der Waals surface area contributed by atoms with Gasteiger partial charge < -0.3 is 9.73 Å². The summed E-state index contributed by atoms with van der Waals surface area (Å²) in [5.41, 5.74) is 2.92. The lowest BCUT2D eigenvalue weighted by Gasteiger charge is -2.33. The van der Waals surface area contributed by atoms with Gasteiger partial charge in [-0.15, -0.1) is 0 Å². The number of nitrogens with one attached hydrogen (secondary N) is 1. The van der Waals surface area contributed by atoms with E-state index in [0.717, 1.165) is 31.0 Å². The quantitative estimate of drug-likeness (QED) is 0.907. The first kappa shape index (κ1) is 13.7. The van der Waals surface area contributed by atoms with E-state index in [1.54, 1.807) is 24.2 Å². The van der Waals surface area contributed by atoms with Gasteiger partial charge >= 0.3 is 0 Å². The molecule has 3 nitrogen and oxygen atoms in total. The van der Waals surface area contributed by atoms with E-state index in [9.17, 15) is 0 Å². The van der Waals surface area contributed by atoms with Crippen molar-refractivity contribution in [3.8, 4) is 0 Å². The number of nitrogens with zero attached hydrogens (tertiary/aromatic N) is 1. The van der Waals surface area contributed by atoms with Crippen LogP contribution in [0.5, 0.6) is 0 Å². The monoisotopic (exact) mass is 288 g/mol. The Morgan fingerprint density at radius 2 is 2.30 bits per heavy atom. The lowest BCUT2D eigenvalue weighted by molar-refractivity contribution is 0.440. The Hall–Kier alpha value is -1.26. The molecule has 0 amide bonds. The number of oxazole rings is 1. The highest BCUT2D eigenvalue weighted by Crippen LogP contribution is 2.39. The van der Waals surface area contributed by atoms with Crippen molar-refractivity contribution in [2.75, 3.05) is 6.54 Å². The van der Waals surface area contributed by atoms with Crippen LogP contribution in [0.2, 0.25) is 0 Å². The summed E-state index contributed by atoms with van der Waals surface area (Å²) < 4.78 is 5.40. The highest BCUT2D eigenvalue weighted by Gasteiger charge is 2.30. The number of aryl methyl sites for hydroxylation is 1. The molecule has 4 heteroatoms. The molecule has 0 saturated carbocycles. The average molecular weight is 288 g/mol. The molecule has 2 aromatic rings. The van der Waals surface area contributed by atoms with Gasteiger partial charge in [-0.3, -0.25) is 0 Å². The molecule has 0 aliphatic heterocycles. The van der Waals surface area contributed by atoms with E-state index in [1.165, 1.54) is 11.1 Å². The van der Waals surface area contributed by atoms with E-state index in [-0.39, 0.29) is 0 Å². The van der Waals surface area contributed by atoms with Crippen molar-refractivity contribution in [1.82, 2.24) is 10.3 Å². The van der Waals surface area contributed by atoms with Gasteiger partial charge in [-0.2, -0.15) is 0 Å². The second kappa shape index (κ2) is 6.46. The van der Waals surface area contributed by atoms with Gasteiger partial charge in [0.15, 0.2) is 0 Å². The molecule has 1 N–H and O–H groups in total. The largest absolute Gasteiger partial charge is 0.440 e. The van der Waals surface area contributed by atoms with Gasteiger partial charge in [0.2, 0.25) is 0 Å². The van der Waals surface area contributed by atoms with Crippen molar-refractivity contribution < 1.29 is 4.42 Å². The lowest BCUT2D eigenvalue weighted by atomic mass is 9.87. The fraction of sp³-hybridized carbons (Fsp3) is 0.438. The van der Waals surface area contributed by atoms with Crippen LogP contribution in [0.1, 0.15) is 36.9 Å². The zero-order valence-electron chi connectivity index (χ0n) is 11.7. The number of hydrogen-bond acceptors (Lipinski definition) is 4. The third-order valence-electron chi connectivity index (χ3n) is 3.74. The van der Waals surface area contributed by atoms with Crippen LogP contribution >= 0.6 is 11.8 Å². The van der Waals surface area contributed by atoms with E-state index >= 15 is 0 Å². The van der Waals surface area contributed by atoms with Crippen LogP contribution in [0.3, 0.4) is 0 Å². The molecule has 1 aliphatic carbocycles. The third kappa shape index (κ3) is 2.91. The number of rotatable bonds is 5. The van der Waals surface area contributed by atoms with E-state index in [2.05, 4.69) is 41.5 Å². The Balaban J connectivity index is 1.82. The van der Waals surface area contributed by atoms with Crippen LogP contribution in [0, 0.1) is 0 Å². The summed E-state index contributed by atoms with van der Waals surface area (Å²) in [6.45, 7) is 3.25. The Morgan fingerprint density at radius 1 is 1.40 bits per heavy atom. The molecule has 0 saturated heterocycles. The van der Waals surface area contributed by atoms with Crippen LogP contribution in [0.15, 0.2) is 46.4 Å². The molecule has 1 aromatic carbocycles. The van der Waals surface area contributed by atoms with Gasteiger partial charge in [0.05, 0.1) is 6.20 Å². The van der Waals surface area contributed by atoms with Gasteiger partial charge in [-0.1, -0.05) is 43.0 Å². The van der Waals surface area contributed by atoms with Gasteiger partial charge in [0.1, 0.15) is 6.26 Å². The summed E-state index contributed by atoms with van der Waals surface area (Å²) in [5, 5.41) is 4.96. The predicted octanol–water partition coefficient (Wildman–Crippen LogP) is 3.82. The molecule has 3 rings (SSSR count). The molecule has 1 heterocycles. The van der Waals surface area contributed by atoms with E-state index in [0.29, 0.717) is 11.3 Å². The van der Waals surface area contributed by atoms with Crippen LogP contribution in [-0.4, -0.2) is 16.8 Å². The molecule has 0 bridgehead atoms. The Labute approximate surface area is 124 Å². The van der Waals surface area contributed by atoms with Crippen molar-refractivity contribution in [2.45, 2.75) is 42.7 Å². The van der Waals surface area contributed by atoms with Crippen molar-refractivity contribution >= 4 is 11.8 Å². The zero-order chi connectivity index (χ0) is 13.8. The average Bonchev–Trinajstić information content (AvgIpc) is 2.99. The predicted molar refractivity (Wildman–Crippen MR) is 81.9 cm³/mol. The maximum absolute atomic E-state index is 5.40. The normalized spacial score (nSPS) is 21.6. The molecular weight excluding hydrogens is 268 g/mol. The summed E-state index contributed by atoms with van der Waals surface area (Å²) in [6.07, 6.45) is 6.81. The SMILES string of the molecule is CCCNC1c2ccccc2CCC1Sc1ncco1. The minimum Gasteiger partial charge on any atom is -0.440 e. The first-order valence-electron chi connectivity index (χ1n) is 7.26. The molecule has 106 valence electrons. The van der Waals surface area contributed by atoms with Crippen LogP contribution in [0.4, 0.5) is 0 Å². The van der Waals surface area contributed by atoms with E-state index in [1.807, 2.05) is 0 Å². The summed E-state index contributed by atoms with van der Waals surface area (Å²) in [5.74, 6) is 0. The molecule has 2 unspecified atom stereocenters. The molecule has 2 atom stereocenters. The molecular formula is C16H20N2OS. The fourth-order valence-electron chi connectivity index (χ4n) is 2.80. The van der Waals surface area contributed by atoms with Crippen molar-refractivity contribution in [3.63, 3.8) is 0 Å². The number of thioether (sulfide) groups is 1. The lowest BCUT2D eigenvalue weighted by Crippen LogP contribution is -2.34. The molecule has 0 radical (unpaired) electrons. The topological polar surface area (TPSA) is 38.1 Å². The van der Waals surface area contributed by atoms with Crippen LogP contribution in [-0.2, 0) is 6.42 Å². The first-order chi connectivity index (χ1) is 9.88. The molecule has 1 aliphatic rings. The van der Waals surface area contributed by atoms with Gasteiger partial charge in [0.25, 0.3) is 5.22 Å². The Bertz CT molecular complexity index is 541. The van der Waals surface area contributed by atoms with Gasteiger partial charge in [-0.25, -0.2) is 4.98 Å². The van der Waals surface area contributed by atoms with Gasteiger partial charge in [-0.05, 0) is 36.9 Å². The summed E-state index contributed by atoms with van der Waals surface area (Å²) in [4.78, 5) is 4.25. The molecule has 1 aromatic heterocycles. The summed E-state index contributed by atoms with van der Waals surface area (Å²) in [7, 11) is 0. The summed E-state index contributed by atoms with van der Waals surface area (Å²) >= 11 is 1.75. The first-order valence-corrected chi connectivity index (χ1v) is 8.13. The number of benzene rings is 1. The third-order valence-corrected chi connectivity index (χ3v) is 4.95. The number of aromatic nitrogens is 1. The molecule has 0 fully saturated rings. The van der Waals surface area contributed by atoms with Crippen molar-refractivity contribution in [3.05, 3.63) is 47.9 Å². The molecule has 0 spiro atoms. The van der Waals surface area contributed by atoms with Crippen molar-refractivity contribution in [2.24, 2.45) is 0 Å². The number of fused-ring (bicyclic) bond motifs is 1. The summed E-state index contributed by atoms with van der Waals surface area (Å²) in [6, 6.07) is 9.17. The van der Waals surface area contributed by atoms with Crippen molar-refractivity contribution in [1.29, 1.82) is 0 Å². The highest BCUT2D eigenvalue weighted by molar-refractivity contribution is 7.99. The minimum atomic E-state index is 0.386. The maximum atomic E-state index is 5.40. The standard InChI is InChI=1S/C16H20N2OS/c1-2-9-17-15-13-6-4-3-5-12(13)7-8-14(15)20-16-18-10-11-19-16/h3-6,10-11,14-15,17H,2,7-9H2,1H3. The maximum Gasteiger partial charge on any atom is 0.255 e. The zero-order valence-corrected chi connectivity index (χ0v) is 12.5. The smallest absolute Gasteiger partial charge is 0.255 e. The second-order valence-electron chi connectivity index (χ2n) is 5.12. The highest BCUT2D eigenvalue weighted by atomic mass is 32.2. The van der Waals surface area contributed by atoms with Crippen LogP contribution < -0.4 is 5.32 Å². The Morgan fingerprint density at radius 3 is 3.10 bits per heavy atom. The van der Waals surface area contributed by atoms with Crippen LogP contribution in [0.25, 0.3) is 0 Å².